The third kappa shape index (κ3) is 6.07. The van der Waals surface area contributed by atoms with E-state index in [2.05, 4.69) is 92.5 Å². The summed E-state index contributed by atoms with van der Waals surface area (Å²) < 4.78 is 6.44. The largest absolute Gasteiger partial charge is 0.507 e. The number of fused-ring (bicyclic) bond motifs is 1. The topological polar surface area (TPSA) is 59.2 Å². The molecule has 0 saturated carbocycles. The van der Waals surface area contributed by atoms with E-state index in [1.54, 1.807) is 0 Å². The van der Waals surface area contributed by atoms with Crippen LogP contribution in [0.5, 0.6) is 5.75 Å². The number of para-hydroxylation sites is 1. The van der Waals surface area contributed by atoms with E-state index >= 15 is 0 Å². The van der Waals surface area contributed by atoms with Gasteiger partial charge in [-0.25, -0.2) is 4.98 Å². The van der Waals surface area contributed by atoms with Crippen LogP contribution in [0.3, 0.4) is 0 Å². The van der Waals surface area contributed by atoms with Gasteiger partial charge < -0.3 is 9.52 Å². The molecule has 2 heterocycles. The van der Waals surface area contributed by atoms with Gasteiger partial charge in [-0.15, -0.1) is 0 Å². The summed E-state index contributed by atoms with van der Waals surface area (Å²) in [5.41, 5.74) is 11.4. The number of oxazole rings is 1. The predicted octanol–water partition coefficient (Wildman–Crippen LogP) is 10.4. The van der Waals surface area contributed by atoms with Crippen molar-refractivity contribution < 1.29 is 9.52 Å². The minimum Gasteiger partial charge on any atom is -0.507 e. The number of nitrogens with zero attached hydrogens (tertiary/aromatic N) is 2. The summed E-state index contributed by atoms with van der Waals surface area (Å²) in [6.45, 7) is 6.67. The highest BCUT2D eigenvalue weighted by atomic mass is 16.3. The second-order valence-electron chi connectivity index (χ2n) is 12.9. The number of hydrogen-bond donors (Lipinski definition) is 1. The Bertz CT molecular complexity index is 2130. The molecule has 7 aromatic rings. The van der Waals surface area contributed by atoms with Crippen molar-refractivity contribution in [2.45, 2.75) is 39.0 Å². The average Bonchev–Trinajstić information content (AvgIpc) is 3.51. The minimum atomic E-state index is -0.0669. The van der Waals surface area contributed by atoms with Gasteiger partial charge in [-0.05, 0) is 81.6 Å². The number of benzene rings is 5. The lowest BCUT2D eigenvalue weighted by atomic mass is 9.83. The quantitative estimate of drug-likeness (QED) is 0.198. The molecule has 2 aromatic heterocycles. The lowest BCUT2D eigenvalue weighted by molar-refractivity contribution is 0.468. The first-order chi connectivity index (χ1) is 22.3. The number of pyridine rings is 1. The van der Waals surface area contributed by atoms with Crippen molar-refractivity contribution in [3.63, 3.8) is 0 Å². The fourth-order valence-electron chi connectivity index (χ4n) is 6.00. The molecule has 0 saturated heterocycles. The fraction of sp³-hybridized carbons (Fsp3) is 0.143. The molecule has 7 rings (SSSR count). The van der Waals surface area contributed by atoms with Gasteiger partial charge >= 0.3 is 0 Å². The zero-order valence-electron chi connectivity index (χ0n) is 26.4. The van der Waals surface area contributed by atoms with E-state index in [1.807, 2.05) is 66.9 Å². The van der Waals surface area contributed by atoms with Crippen LogP contribution < -0.4 is 0 Å². The van der Waals surface area contributed by atoms with E-state index in [1.165, 1.54) is 11.1 Å². The highest BCUT2D eigenvalue weighted by Gasteiger charge is 2.21. The van der Waals surface area contributed by atoms with Gasteiger partial charge in [0.15, 0.2) is 5.58 Å². The number of rotatable bonds is 7. The average molecular weight is 601 g/mol. The molecule has 0 fully saturated rings. The first kappa shape index (κ1) is 29.2. The predicted molar refractivity (Wildman–Crippen MR) is 187 cm³/mol. The van der Waals surface area contributed by atoms with Crippen LogP contribution in [-0.2, 0) is 18.3 Å². The molecule has 0 unspecified atom stereocenters. The maximum atomic E-state index is 11.7. The first-order valence-electron chi connectivity index (χ1n) is 15.7. The monoisotopic (exact) mass is 600 g/mol. The lowest BCUT2D eigenvalue weighted by Crippen LogP contribution is -2.11. The summed E-state index contributed by atoms with van der Waals surface area (Å²) in [6.07, 6.45) is 3.16. The smallest absolute Gasteiger partial charge is 0.231 e. The van der Waals surface area contributed by atoms with Crippen molar-refractivity contribution >= 4 is 11.1 Å². The van der Waals surface area contributed by atoms with Gasteiger partial charge in [-0.2, -0.15) is 0 Å². The van der Waals surface area contributed by atoms with Crippen molar-refractivity contribution in [2.75, 3.05) is 0 Å². The number of aromatic hydroxyl groups is 1. The van der Waals surface area contributed by atoms with E-state index in [4.69, 9.17) is 9.40 Å². The van der Waals surface area contributed by atoms with Gasteiger partial charge in [0.2, 0.25) is 5.89 Å². The molecule has 0 spiro atoms. The number of aromatic nitrogens is 2. The normalized spacial score (nSPS) is 11.6. The van der Waals surface area contributed by atoms with Crippen molar-refractivity contribution in [1.29, 1.82) is 0 Å². The Balaban J connectivity index is 1.37. The molecule has 5 aromatic carbocycles. The molecule has 0 atom stereocenters. The van der Waals surface area contributed by atoms with Gasteiger partial charge in [-0.3, -0.25) is 4.98 Å². The van der Waals surface area contributed by atoms with Crippen LogP contribution in [-0.4, -0.2) is 15.1 Å². The molecule has 0 aliphatic rings. The fourth-order valence-corrected chi connectivity index (χ4v) is 6.00. The van der Waals surface area contributed by atoms with Gasteiger partial charge in [0, 0.05) is 23.7 Å². The zero-order chi connectivity index (χ0) is 31.7. The third-order valence-electron chi connectivity index (χ3n) is 8.46. The second kappa shape index (κ2) is 12.1. The lowest BCUT2D eigenvalue weighted by Gasteiger charge is -2.21. The van der Waals surface area contributed by atoms with Crippen LogP contribution in [0.15, 0.2) is 138 Å². The van der Waals surface area contributed by atoms with Crippen LogP contribution >= 0.6 is 0 Å². The molecule has 0 amide bonds. The highest BCUT2D eigenvalue weighted by Crippen LogP contribution is 2.40. The van der Waals surface area contributed by atoms with Crippen molar-refractivity contribution in [3.8, 4) is 39.6 Å². The van der Waals surface area contributed by atoms with Crippen molar-refractivity contribution in [2.24, 2.45) is 0 Å². The number of phenols is 1. The van der Waals surface area contributed by atoms with Crippen molar-refractivity contribution in [1.82, 2.24) is 9.97 Å². The molecule has 1 N–H and O–H groups in total. The SMILES string of the molecule is CC(C)(C)c1cc(-c2ccccn2)cc(-c2cccc3oc(-c4cc(Cc5ccccc5)cc(Cc5ccccc5)c4O)nc23)c1. The molecule has 4 heteroatoms. The van der Waals surface area contributed by atoms with E-state index < -0.39 is 0 Å². The van der Waals surface area contributed by atoms with Crippen LogP contribution in [0.4, 0.5) is 0 Å². The highest BCUT2D eigenvalue weighted by molar-refractivity contribution is 5.93. The van der Waals surface area contributed by atoms with E-state index in [9.17, 15) is 5.11 Å². The van der Waals surface area contributed by atoms with Gasteiger partial charge in [0.1, 0.15) is 11.3 Å². The summed E-state index contributed by atoms with van der Waals surface area (Å²) in [7, 11) is 0. The Kier molecular flexibility index (Phi) is 7.71. The maximum Gasteiger partial charge on any atom is 0.231 e. The van der Waals surface area contributed by atoms with Gasteiger partial charge in [0.25, 0.3) is 0 Å². The molecular formula is C42H36N2O2. The molecule has 46 heavy (non-hydrogen) atoms. The molecule has 0 bridgehead atoms. The van der Waals surface area contributed by atoms with Gasteiger partial charge in [-0.1, -0.05) is 112 Å². The number of hydrogen-bond acceptors (Lipinski definition) is 4. The van der Waals surface area contributed by atoms with E-state index in [-0.39, 0.29) is 11.2 Å². The summed E-state index contributed by atoms with van der Waals surface area (Å²) in [6, 6.07) is 43.4. The van der Waals surface area contributed by atoms with Crippen LogP contribution in [0.1, 0.15) is 48.6 Å². The van der Waals surface area contributed by atoms with Crippen LogP contribution in [0, 0.1) is 0 Å². The molecule has 4 nitrogen and oxygen atoms in total. The molecular weight excluding hydrogens is 564 g/mol. The van der Waals surface area contributed by atoms with E-state index in [0.717, 1.165) is 51.0 Å². The van der Waals surface area contributed by atoms with E-state index in [0.29, 0.717) is 23.5 Å². The summed E-state index contributed by atoms with van der Waals surface area (Å²) in [5, 5.41) is 11.7. The Morgan fingerprint density at radius 1 is 0.630 bits per heavy atom. The molecule has 0 radical (unpaired) electrons. The molecule has 0 aliphatic carbocycles. The molecule has 0 aliphatic heterocycles. The van der Waals surface area contributed by atoms with Crippen LogP contribution in [0.25, 0.3) is 44.9 Å². The third-order valence-corrected chi connectivity index (χ3v) is 8.46. The van der Waals surface area contributed by atoms with Crippen molar-refractivity contribution in [3.05, 3.63) is 161 Å². The Morgan fingerprint density at radius 3 is 2.02 bits per heavy atom. The maximum absolute atomic E-state index is 11.7. The Labute approximate surface area is 270 Å². The van der Waals surface area contributed by atoms with Crippen LogP contribution in [0.2, 0.25) is 0 Å². The Hall–Kier alpha value is -5.48. The Morgan fingerprint density at radius 2 is 1.33 bits per heavy atom. The summed E-state index contributed by atoms with van der Waals surface area (Å²) in [5.74, 6) is 0.599. The minimum absolute atomic E-state index is 0.0669. The summed E-state index contributed by atoms with van der Waals surface area (Å²) in [4.78, 5) is 9.71. The molecule has 226 valence electrons. The number of phenolic OH excluding ortho intramolecular Hbond substituents is 1. The summed E-state index contributed by atoms with van der Waals surface area (Å²) >= 11 is 0. The van der Waals surface area contributed by atoms with Gasteiger partial charge in [0.05, 0.1) is 11.3 Å². The zero-order valence-corrected chi connectivity index (χ0v) is 26.4. The second-order valence-corrected chi connectivity index (χ2v) is 12.9. The standard InChI is InChI=1S/C42H36N2O2/c1-42(2,3)34-26-31(25-32(27-34)37-18-10-11-20-43-37)35-17-12-19-38-39(35)44-41(46-38)36-24-30(21-28-13-6-4-7-14-28)23-33(40(36)45)22-29-15-8-5-9-16-29/h4-20,23-27,45H,21-22H2,1-3H3. The first-order valence-corrected chi connectivity index (χ1v) is 15.7.